The van der Waals surface area contributed by atoms with E-state index in [4.69, 9.17) is 0 Å². The van der Waals surface area contributed by atoms with Crippen LogP contribution in [0.15, 0.2) is 18.2 Å². The molecular weight excluding hydrogens is 226 g/mol. The van der Waals surface area contributed by atoms with Crippen LogP contribution in [0.3, 0.4) is 0 Å². The summed E-state index contributed by atoms with van der Waals surface area (Å²) in [7, 11) is 0. The topological polar surface area (TPSA) is 53.2 Å². The Morgan fingerprint density at radius 1 is 1.28 bits per heavy atom. The maximum absolute atomic E-state index is 12.0. The molecule has 4 heteroatoms. The average Bonchev–Trinajstić information content (AvgIpc) is 2.92. The number of nitrogens with one attached hydrogen (secondary N) is 3. The minimum absolute atomic E-state index is 0.0147. The molecule has 0 spiro atoms. The van der Waals surface area contributed by atoms with Gasteiger partial charge in [-0.05, 0) is 56.0 Å². The summed E-state index contributed by atoms with van der Waals surface area (Å²) in [5.74, 6) is 0.0937. The van der Waals surface area contributed by atoms with E-state index in [1.807, 2.05) is 6.07 Å². The number of benzene rings is 1. The number of aryl methyl sites for hydroxylation is 1. The molecule has 1 unspecified atom stereocenters. The second-order valence-corrected chi connectivity index (χ2v) is 5.04. The maximum Gasteiger partial charge on any atom is 0.241 e. The third-order valence-corrected chi connectivity index (χ3v) is 3.69. The highest BCUT2D eigenvalue weighted by molar-refractivity contribution is 5.95. The smallest absolute Gasteiger partial charge is 0.241 e. The van der Waals surface area contributed by atoms with Crippen LogP contribution in [-0.4, -0.2) is 25.0 Å². The van der Waals surface area contributed by atoms with Crippen molar-refractivity contribution in [1.29, 1.82) is 0 Å². The van der Waals surface area contributed by atoms with Crippen molar-refractivity contribution in [3.63, 3.8) is 0 Å². The van der Waals surface area contributed by atoms with E-state index in [1.165, 1.54) is 11.3 Å². The minimum atomic E-state index is -0.0147. The lowest BCUT2D eigenvalue weighted by molar-refractivity contribution is -0.117. The van der Waals surface area contributed by atoms with Crippen LogP contribution in [-0.2, 0) is 11.2 Å². The van der Waals surface area contributed by atoms with Gasteiger partial charge < -0.3 is 16.0 Å². The van der Waals surface area contributed by atoms with Gasteiger partial charge in [0.15, 0.2) is 0 Å². The van der Waals surface area contributed by atoms with Crippen molar-refractivity contribution in [3.8, 4) is 0 Å². The highest BCUT2D eigenvalue weighted by atomic mass is 16.2. The van der Waals surface area contributed by atoms with Gasteiger partial charge in [0.1, 0.15) is 0 Å². The van der Waals surface area contributed by atoms with E-state index in [-0.39, 0.29) is 11.9 Å². The van der Waals surface area contributed by atoms with Crippen molar-refractivity contribution >= 4 is 17.3 Å². The summed E-state index contributed by atoms with van der Waals surface area (Å²) in [6.07, 6.45) is 4.28. The van der Waals surface area contributed by atoms with Gasteiger partial charge in [0.2, 0.25) is 5.91 Å². The summed E-state index contributed by atoms with van der Waals surface area (Å²) >= 11 is 0. The Hall–Kier alpha value is -1.55. The number of anilines is 2. The van der Waals surface area contributed by atoms with Crippen molar-refractivity contribution in [2.24, 2.45) is 0 Å². The Labute approximate surface area is 107 Å². The van der Waals surface area contributed by atoms with E-state index in [0.29, 0.717) is 0 Å². The first-order chi connectivity index (χ1) is 8.83. The molecule has 1 aromatic carbocycles. The highest BCUT2D eigenvalue weighted by Gasteiger charge is 2.22. The van der Waals surface area contributed by atoms with Crippen LogP contribution in [0.1, 0.15) is 24.8 Å². The lowest BCUT2D eigenvalue weighted by atomic mass is 10.0. The number of rotatable bonds is 2. The molecule has 0 bridgehead atoms. The van der Waals surface area contributed by atoms with E-state index in [2.05, 4.69) is 28.1 Å². The quantitative estimate of drug-likeness (QED) is 0.744. The molecule has 2 heterocycles. The van der Waals surface area contributed by atoms with Crippen LogP contribution in [0.25, 0.3) is 0 Å². The molecule has 1 aromatic rings. The van der Waals surface area contributed by atoms with Crippen LogP contribution < -0.4 is 16.0 Å². The highest BCUT2D eigenvalue weighted by Crippen LogP contribution is 2.25. The van der Waals surface area contributed by atoms with Gasteiger partial charge in [-0.25, -0.2) is 0 Å². The summed E-state index contributed by atoms with van der Waals surface area (Å²) in [5.41, 5.74) is 3.42. The van der Waals surface area contributed by atoms with E-state index < -0.39 is 0 Å². The zero-order chi connectivity index (χ0) is 12.4. The lowest BCUT2D eigenvalue weighted by Crippen LogP contribution is -2.35. The van der Waals surface area contributed by atoms with Gasteiger partial charge in [-0.1, -0.05) is 0 Å². The van der Waals surface area contributed by atoms with Crippen molar-refractivity contribution in [2.75, 3.05) is 23.7 Å². The minimum Gasteiger partial charge on any atom is -0.385 e. The van der Waals surface area contributed by atoms with Gasteiger partial charge >= 0.3 is 0 Å². The molecule has 96 valence electrons. The number of hydrogen-bond donors (Lipinski definition) is 3. The molecule has 2 aliphatic heterocycles. The molecular formula is C14H19N3O. The van der Waals surface area contributed by atoms with Gasteiger partial charge in [-0.15, -0.1) is 0 Å². The van der Waals surface area contributed by atoms with Gasteiger partial charge in [0.05, 0.1) is 6.04 Å². The molecule has 18 heavy (non-hydrogen) atoms. The van der Waals surface area contributed by atoms with Crippen LogP contribution >= 0.6 is 0 Å². The number of carbonyl (C=O) groups is 1. The molecule has 0 aromatic heterocycles. The average molecular weight is 245 g/mol. The number of amides is 1. The summed E-state index contributed by atoms with van der Waals surface area (Å²) in [5, 5.41) is 9.59. The first kappa shape index (κ1) is 11.5. The Morgan fingerprint density at radius 3 is 3.06 bits per heavy atom. The largest absolute Gasteiger partial charge is 0.385 e. The second-order valence-electron chi connectivity index (χ2n) is 5.04. The molecule has 4 nitrogen and oxygen atoms in total. The summed E-state index contributed by atoms with van der Waals surface area (Å²) < 4.78 is 0. The number of hydrogen-bond acceptors (Lipinski definition) is 3. The zero-order valence-electron chi connectivity index (χ0n) is 10.5. The van der Waals surface area contributed by atoms with Crippen molar-refractivity contribution in [3.05, 3.63) is 23.8 Å². The molecule has 1 atom stereocenters. The number of fused-ring (bicyclic) bond motifs is 1. The van der Waals surface area contributed by atoms with Gasteiger partial charge in [0, 0.05) is 17.9 Å². The lowest BCUT2D eigenvalue weighted by Gasteiger charge is -2.19. The van der Waals surface area contributed by atoms with E-state index >= 15 is 0 Å². The van der Waals surface area contributed by atoms with Crippen LogP contribution in [0, 0.1) is 0 Å². The number of carbonyl (C=O) groups excluding carboxylic acids is 1. The Bertz CT molecular complexity index is 452. The zero-order valence-corrected chi connectivity index (χ0v) is 10.5. The fraction of sp³-hybridized carbons (Fsp3) is 0.500. The van der Waals surface area contributed by atoms with Crippen LogP contribution in [0.4, 0.5) is 11.4 Å². The molecule has 0 radical (unpaired) electrons. The fourth-order valence-electron chi connectivity index (χ4n) is 2.69. The molecule has 1 amide bonds. The molecule has 1 saturated heterocycles. The van der Waals surface area contributed by atoms with Gasteiger partial charge in [0.25, 0.3) is 0 Å². The molecule has 2 aliphatic rings. The molecule has 0 saturated carbocycles. The van der Waals surface area contributed by atoms with Crippen LogP contribution in [0.2, 0.25) is 0 Å². The predicted molar refractivity (Wildman–Crippen MR) is 72.9 cm³/mol. The first-order valence-corrected chi connectivity index (χ1v) is 6.74. The van der Waals surface area contributed by atoms with E-state index in [9.17, 15) is 4.79 Å². The normalized spacial score (nSPS) is 22.1. The predicted octanol–water partition coefficient (Wildman–Crippen LogP) is 1.74. The summed E-state index contributed by atoms with van der Waals surface area (Å²) in [4.78, 5) is 12.0. The SMILES string of the molecule is O=C(Nc1ccc2c(c1)CCCN2)C1CCCN1. The first-order valence-electron chi connectivity index (χ1n) is 6.74. The van der Waals surface area contributed by atoms with Crippen LogP contribution in [0.5, 0.6) is 0 Å². The van der Waals surface area contributed by atoms with Crippen molar-refractivity contribution in [2.45, 2.75) is 31.7 Å². The Kier molecular flexibility index (Phi) is 3.19. The van der Waals surface area contributed by atoms with E-state index in [1.54, 1.807) is 0 Å². The second kappa shape index (κ2) is 4.98. The third kappa shape index (κ3) is 2.34. The molecule has 0 aliphatic carbocycles. The maximum atomic E-state index is 12.0. The molecule has 3 N–H and O–H groups in total. The van der Waals surface area contributed by atoms with Crippen molar-refractivity contribution < 1.29 is 4.79 Å². The fourth-order valence-corrected chi connectivity index (χ4v) is 2.69. The molecule has 3 rings (SSSR count). The van der Waals surface area contributed by atoms with Gasteiger partial charge in [-0.2, -0.15) is 0 Å². The van der Waals surface area contributed by atoms with Gasteiger partial charge in [-0.3, -0.25) is 4.79 Å². The third-order valence-electron chi connectivity index (χ3n) is 3.69. The van der Waals surface area contributed by atoms with E-state index in [0.717, 1.165) is 44.5 Å². The van der Waals surface area contributed by atoms with Crippen molar-refractivity contribution in [1.82, 2.24) is 5.32 Å². The summed E-state index contributed by atoms with van der Waals surface area (Å²) in [6, 6.07) is 6.11. The Morgan fingerprint density at radius 2 is 2.22 bits per heavy atom. The molecule has 1 fully saturated rings. The summed E-state index contributed by atoms with van der Waals surface area (Å²) in [6.45, 7) is 2.00. The Balaban J connectivity index is 1.70. The standard InChI is InChI=1S/C14H19N3O/c18-14(13-4-2-8-16-13)17-11-5-6-12-10(9-11)3-1-7-15-12/h5-6,9,13,15-16H,1-4,7-8H2,(H,17,18). The monoisotopic (exact) mass is 245 g/mol.